The standard InChI is InChI=1S/C28H37FN2O/c1-21(2)23-12-14-24(15-13-23)31-18-16-28(17-19-31,25-10-6-7-11-26(25)29)27(32)30-20-22-8-4-3-5-9-22/h3-11,21,23-24H,12-20H2,1-2H3,(H,30,32). The molecule has 2 aromatic rings. The molecule has 2 aromatic carbocycles. The summed E-state index contributed by atoms with van der Waals surface area (Å²) in [5.74, 6) is 1.29. The highest BCUT2D eigenvalue weighted by Crippen LogP contribution is 2.40. The third-order valence-corrected chi connectivity index (χ3v) is 7.97. The van der Waals surface area contributed by atoms with Gasteiger partial charge in [0, 0.05) is 18.2 Å². The molecule has 0 unspecified atom stereocenters. The van der Waals surface area contributed by atoms with Crippen LogP contribution in [0.4, 0.5) is 4.39 Å². The molecule has 32 heavy (non-hydrogen) atoms. The lowest BCUT2D eigenvalue weighted by atomic mass is 9.70. The molecule has 0 bridgehead atoms. The van der Waals surface area contributed by atoms with Gasteiger partial charge in [-0.3, -0.25) is 4.79 Å². The van der Waals surface area contributed by atoms with Gasteiger partial charge in [-0.15, -0.1) is 0 Å². The van der Waals surface area contributed by atoms with Crippen LogP contribution in [0.5, 0.6) is 0 Å². The topological polar surface area (TPSA) is 32.3 Å². The van der Waals surface area contributed by atoms with Crippen molar-refractivity contribution in [3.63, 3.8) is 0 Å². The molecule has 1 saturated heterocycles. The Morgan fingerprint density at radius 2 is 1.62 bits per heavy atom. The van der Waals surface area contributed by atoms with E-state index in [-0.39, 0.29) is 11.7 Å². The zero-order valence-electron chi connectivity index (χ0n) is 19.5. The van der Waals surface area contributed by atoms with Gasteiger partial charge in [0.05, 0.1) is 5.41 Å². The predicted molar refractivity (Wildman–Crippen MR) is 128 cm³/mol. The Morgan fingerprint density at radius 3 is 2.25 bits per heavy atom. The van der Waals surface area contributed by atoms with Crippen LogP contribution in [-0.2, 0) is 16.8 Å². The molecule has 2 aliphatic rings. The van der Waals surface area contributed by atoms with E-state index in [1.54, 1.807) is 12.1 Å². The Balaban J connectivity index is 1.47. The summed E-state index contributed by atoms with van der Waals surface area (Å²) in [6, 6.07) is 17.4. The predicted octanol–water partition coefficient (Wildman–Crippen LogP) is 5.69. The summed E-state index contributed by atoms with van der Waals surface area (Å²) >= 11 is 0. The SMILES string of the molecule is CC(C)C1CCC(N2CCC(C(=O)NCc3ccccc3)(c3ccccc3F)CC2)CC1. The quantitative estimate of drug-likeness (QED) is 0.631. The first-order chi connectivity index (χ1) is 15.5. The zero-order valence-corrected chi connectivity index (χ0v) is 19.5. The number of likely N-dealkylation sites (tertiary alicyclic amines) is 1. The number of benzene rings is 2. The number of nitrogens with one attached hydrogen (secondary N) is 1. The van der Waals surface area contributed by atoms with E-state index in [4.69, 9.17) is 0 Å². The smallest absolute Gasteiger partial charge is 0.231 e. The summed E-state index contributed by atoms with van der Waals surface area (Å²) in [6.45, 7) is 6.85. The van der Waals surface area contributed by atoms with Crippen molar-refractivity contribution in [3.05, 3.63) is 71.5 Å². The fourth-order valence-electron chi connectivity index (χ4n) is 5.82. The van der Waals surface area contributed by atoms with Gasteiger partial charge in [-0.25, -0.2) is 4.39 Å². The van der Waals surface area contributed by atoms with E-state index in [1.165, 1.54) is 31.7 Å². The highest BCUT2D eigenvalue weighted by molar-refractivity contribution is 5.88. The lowest BCUT2D eigenvalue weighted by molar-refractivity contribution is -0.129. The molecule has 3 nitrogen and oxygen atoms in total. The summed E-state index contributed by atoms with van der Waals surface area (Å²) in [5, 5.41) is 3.12. The monoisotopic (exact) mass is 436 g/mol. The first kappa shape index (κ1) is 23.0. The minimum absolute atomic E-state index is 0.0466. The van der Waals surface area contributed by atoms with Crippen molar-refractivity contribution in [2.24, 2.45) is 11.8 Å². The first-order valence-electron chi connectivity index (χ1n) is 12.3. The van der Waals surface area contributed by atoms with Crippen LogP contribution in [0.25, 0.3) is 0 Å². The van der Waals surface area contributed by atoms with Crippen molar-refractivity contribution in [1.82, 2.24) is 10.2 Å². The van der Waals surface area contributed by atoms with Gasteiger partial charge in [-0.2, -0.15) is 0 Å². The number of amides is 1. The Labute approximate surface area is 192 Å². The van der Waals surface area contributed by atoms with Crippen molar-refractivity contribution >= 4 is 5.91 Å². The molecule has 4 heteroatoms. The van der Waals surface area contributed by atoms with Crippen LogP contribution >= 0.6 is 0 Å². The summed E-state index contributed by atoms with van der Waals surface area (Å²) in [5.41, 5.74) is 0.809. The average Bonchev–Trinajstić information content (AvgIpc) is 2.83. The number of hydrogen-bond donors (Lipinski definition) is 1. The van der Waals surface area contributed by atoms with E-state index in [0.717, 1.165) is 30.5 Å². The molecule has 1 N–H and O–H groups in total. The number of hydrogen-bond acceptors (Lipinski definition) is 2. The normalized spacial score (nSPS) is 23.8. The van der Waals surface area contributed by atoms with Gasteiger partial charge in [-0.05, 0) is 75.1 Å². The molecule has 1 aliphatic carbocycles. The third-order valence-electron chi connectivity index (χ3n) is 7.97. The highest BCUT2D eigenvalue weighted by Gasteiger charge is 2.45. The van der Waals surface area contributed by atoms with E-state index < -0.39 is 5.41 Å². The van der Waals surface area contributed by atoms with Crippen LogP contribution in [0.3, 0.4) is 0 Å². The second kappa shape index (κ2) is 10.2. The number of halogens is 1. The van der Waals surface area contributed by atoms with E-state index in [0.29, 0.717) is 31.0 Å². The fraction of sp³-hybridized carbons (Fsp3) is 0.536. The molecule has 4 rings (SSSR count). The van der Waals surface area contributed by atoms with Gasteiger partial charge < -0.3 is 10.2 Å². The Morgan fingerprint density at radius 1 is 1.00 bits per heavy atom. The Hall–Kier alpha value is -2.20. The van der Waals surface area contributed by atoms with Crippen molar-refractivity contribution in [2.75, 3.05) is 13.1 Å². The van der Waals surface area contributed by atoms with Crippen molar-refractivity contribution < 1.29 is 9.18 Å². The van der Waals surface area contributed by atoms with Gasteiger partial charge in [0.2, 0.25) is 5.91 Å². The van der Waals surface area contributed by atoms with E-state index in [9.17, 15) is 9.18 Å². The number of carbonyl (C=O) groups excluding carboxylic acids is 1. The Bertz CT molecular complexity index is 881. The molecule has 1 heterocycles. The molecule has 1 saturated carbocycles. The van der Waals surface area contributed by atoms with Gasteiger partial charge in [0.25, 0.3) is 0 Å². The molecule has 1 amide bonds. The molecular weight excluding hydrogens is 399 g/mol. The summed E-state index contributed by atoms with van der Waals surface area (Å²) < 4.78 is 14.9. The van der Waals surface area contributed by atoms with Crippen LogP contribution in [0, 0.1) is 17.7 Å². The van der Waals surface area contributed by atoms with E-state index >= 15 is 0 Å². The van der Waals surface area contributed by atoms with Gasteiger partial charge in [-0.1, -0.05) is 62.4 Å². The fourth-order valence-corrected chi connectivity index (χ4v) is 5.82. The second-order valence-electron chi connectivity index (χ2n) is 10.1. The average molecular weight is 437 g/mol. The molecule has 0 aromatic heterocycles. The summed E-state index contributed by atoms with van der Waals surface area (Å²) in [7, 11) is 0. The van der Waals surface area contributed by atoms with Crippen LogP contribution in [0.15, 0.2) is 54.6 Å². The van der Waals surface area contributed by atoms with Gasteiger partial charge in [0.15, 0.2) is 0 Å². The van der Waals surface area contributed by atoms with Gasteiger partial charge in [0.1, 0.15) is 5.82 Å². The van der Waals surface area contributed by atoms with Crippen molar-refractivity contribution in [1.29, 1.82) is 0 Å². The number of nitrogens with zero attached hydrogens (tertiary/aromatic N) is 1. The zero-order chi connectivity index (χ0) is 22.6. The lowest BCUT2D eigenvalue weighted by Crippen LogP contribution is -2.54. The molecule has 0 spiro atoms. The van der Waals surface area contributed by atoms with Crippen LogP contribution in [0.1, 0.15) is 63.5 Å². The largest absolute Gasteiger partial charge is 0.351 e. The van der Waals surface area contributed by atoms with Crippen LogP contribution < -0.4 is 5.32 Å². The number of piperidine rings is 1. The number of carbonyl (C=O) groups is 1. The van der Waals surface area contributed by atoms with Crippen molar-refractivity contribution in [2.45, 2.75) is 70.4 Å². The summed E-state index contributed by atoms with van der Waals surface area (Å²) in [6.07, 6.45) is 6.42. The molecule has 1 aliphatic heterocycles. The maximum Gasteiger partial charge on any atom is 0.231 e. The third kappa shape index (κ3) is 4.91. The molecule has 172 valence electrons. The van der Waals surface area contributed by atoms with Crippen LogP contribution in [-0.4, -0.2) is 29.9 Å². The molecule has 0 radical (unpaired) electrons. The summed E-state index contributed by atoms with van der Waals surface area (Å²) in [4.78, 5) is 16.1. The maximum absolute atomic E-state index is 14.9. The minimum atomic E-state index is -0.800. The molecule has 0 atom stereocenters. The second-order valence-corrected chi connectivity index (χ2v) is 10.1. The minimum Gasteiger partial charge on any atom is -0.351 e. The van der Waals surface area contributed by atoms with E-state index in [2.05, 4.69) is 24.1 Å². The first-order valence-corrected chi connectivity index (χ1v) is 12.3. The Kier molecular flexibility index (Phi) is 7.30. The lowest BCUT2D eigenvalue weighted by Gasteiger charge is -2.45. The van der Waals surface area contributed by atoms with E-state index in [1.807, 2.05) is 36.4 Å². The maximum atomic E-state index is 14.9. The highest BCUT2D eigenvalue weighted by atomic mass is 19.1. The van der Waals surface area contributed by atoms with Gasteiger partial charge >= 0.3 is 0 Å². The molecular formula is C28H37FN2O. The molecule has 2 fully saturated rings. The van der Waals surface area contributed by atoms with Crippen molar-refractivity contribution in [3.8, 4) is 0 Å². The van der Waals surface area contributed by atoms with Crippen LogP contribution in [0.2, 0.25) is 0 Å². The number of rotatable bonds is 6.